The summed E-state index contributed by atoms with van der Waals surface area (Å²) in [4.78, 5) is -0.547. The van der Waals surface area contributed by atoms with Crippen LogP contribution in [0.5, 0.6) is 0 Å². The fraction of sp³-hybridized carbons (Fsp3) is 0.0345. The predicted molar refractivity (Wildman–Crippen MR) is 159 cm³/mol. The van der Waals surface area contributed by atoms with Crippen molar-refractivity contribution in [3.05, 3.63) is 109 Å². The highest BCUT2D eigenvalue weighted by atomic mass is 32.2. The van der Waals surface area contributed by atoms with Gasteiger partial charge in [-0.05, 0) is 79.2 Å². The van der Waals surface area contributed by atoms with Crippen molar-refractivity contribution in [1.29, 1.82) is 0 Å². The quantitative estimate of drug-likeness (QED) is 0.119. The summed E-state index contributed by atoms with van der Waals surface area (Å²) >= 11 is 0. The van der Waals surface area contributed by atoms with Crippen LogP contribution in [0.25, 0.3) is 10.8 Å². The van der Waals surface area contributed by atoms with Crippen molar-refractivity contribution < 1.29 is 25.9 Å². The normalized spacial score (nSPS) is 12.4. The van der Waals surface area contributed by atoms with Crippen molar-refractivity contribution in [2.75, 3.05) is 5.32 Å². The number of benzene rings is 5. The fourth-order valence-corrected chi connectivity index (χ4v) is 5.43. The Morgan fingerprint density at radius 2 is 1.29 bits per heavy atom. The smallest absolute Gasteiger partial charge is 0.295 e. The Morgan fingerprint density at radius 3 is 1.98 bits per heavy atom. The van der Waals surface area contributed by atoms with Crippen LogP contribution in [0.4, 0.5) is 34.1 Å². The van der Waals surface area contributed by atoms with Crippen molar-refractivity contribution in [2.45, 2.75) is 16.7 Å². The van der Waals surface area contributed by atoms with Crippen LogP contribution >= 0.6 is 0 Å². The molecule has 0 aromatic heterocycles. The van der Waals surface area contributed by atoms with Gasteiger partial charge in [0, 0.05) is 22.1 Å². The molecule has 5 rings (SSSR count). The highest BCUT2D eigenvalue weighted by molar-refractivity contribution is 7.86. The first-order chi connectivity index (χ1) is 20.0. The second-order valence-electron chi connectivity index (χ2n) is 9.12. The van der Waals surface area contributed by atoms with E-state index in [0.29, 0.717) is 33.7 Å². The van der Waals surface area contributed by atoms with E-state index in [1.165, 1.54) is 30.3 Å². The Hall–Kier alpha value is -4.82. The molecule has 0 spiro atoms. The van der Waals surface area contributed by atoms with Crippen LogP contribution in [0, 0.1) is 6.92 Å². The molecule has 0 aliphatic heterocycles. The second-order valence-corrected chi connectivity index (χ2v) is 11.9. The average Bonchev–Trinajstić information content (AvgIpc) is 2.95. The lowest BCUT2D eigenvalue weighted by atomic mass is 10.1. The van der Waals surface area contributed by atoms with Crippen molar-refractivity contribution in [3.63, 3.8) is 0 Å². The summed E-state index contributed by atoms with van der Waals surface area (Å²) < 4.78 is 66.4. The standard InChI is InChI=1S/C29H23N5O6S2/c1-19-17-22(13-14-25(19)33-31-21-9-5-10-23(18-21)41(35,36)37)32-34-26-15-16-27(30-20-7-3-2-4-8-20)29-24(26)11-6-12-28(29)42(38,39)40/h2-18,30H,1H3,(H,35,36,37)(H,38,39,40). The molecule has 11 nitrogen and oxygen atoms in total. The molecular weight excluding hydrogens is 578 g/mol. The van der Waals surface area contributed by atoms with Crippen LogP contribution in [-0.2, 0) is 20.2 Å². The minimum atomic E-state index is -4.55. The van der Waals surface area contributed by atoms with Gasteiger partial charge in [-0.3, -0.25) is 9.11 Å². The van der Waals surface area contributed by atoms with E-state index >= 15 is 0 Å². The molecular formula is C29H23N5O6S2. The molecule has 13 heteroatoms. The third-order valence-electron chi connectivity index (χ3n) is 6.15. The molecule has 3 N–H and O–H groups in total. The fourth-order valence-electron chi connectivity index (χ4n) is 4.18. The zero-order chi connectivity index (χ0) is 29.9. The molecule has 0 heterocycles. The maximum Gasteiger partial charge on any atom is 0.295 e. The number of hydrogen-bond acceptors (Lipinski definition) is 9. The molecule has 0 saturated heterocycles. The van der Waals surface area contributed by atoms with Crippen molar-refractivity contribution in [3.8, 4) is 0 Å². The molecule has 0 aliphatic carbocycles. The van der Waals surface area contributed by atoms with Crippen LogP contribution in [-0.4, -0.2) is 25.9 Å². The van der Waals surface area contributed by atoms with E-state index in [1.54, 1.807) is 49.4 Å². The molecule has 5 aromatic carbocycles. The maximum absolute atomic E-state index is 12.2. The van der Waals surface area contributed by atoms with Gasteiger partial charge in [0.05, 0.1) is 27.6 Å². The minimum absolute atomic E-state index is 0.245. The third kappa shape index (κ3) is 6.56. The first kappa shape index (κ1) is 28.7. The minimum Gasteiger partial charge on any atom is -0.355 e. The Kier molecular flexibility index (Phi) is 7.91. The molecule has 0 amide bonds. The van der Waals surface area contributed by atoms with Gasteiger partial charge in [-0.2, -0.15) is 32.2 Å². The summed E-state index contributed by atoms with van der Waals surface area (Å²) in [6, 6.07) is 27.6. The van der Waals surface area contributed by atoms with E-state index < -0.39 is 20.2 Å². The lowest BCUT2D eigenvalue weighted by Crippen LogP contribution is -2.01. The number of nitrogens with one attached hydrogen (secondary N) is 1. The lowest BCUT2D eigenvalue weighted by Gasteiger charge is -2.13. The highest BCUT2D eigenvalue weighted by Crippen LogP contribution is 2.38. The third-order valence-corrected chi connectivity index (χ3v) is 7.90. The molecule has 212 valence electrons. The lowest BCUT2D eigenvalue weighted by molar-refractivity contribution is 0.481. The Morgan fingerprint density at radius 1 is 0.619 bits per heavy atom. The summed E-state index contributed by atoms with van der Waals surface area (Å²) in [6.07, 6.45) is 0. The van der Waals surface area contributed by atoms with E-state index in [9.17, 15) is 25.9 Å². The van der Waals surface area contributed by atoms with Crippen LogP contribution in [0.2, 0.25) is 0 Å². The van der Waals surface area contributed by atoms with Gasteiger partial charge in [-0.1, -0.05) is 36.4 Å². The first-order valence-corrected chi connectivity index (χ1v) is 15.2. The van der Waals surface area contributed by atoms with E-state index in [-0.39, 0.29) is 20.9 Å². The number of nitrogens with zero attached hydrogens (tertiary/aromatic N) is 4. The monoisotopic (exact) mass is 601 g/mol. The summed E-state index contributed by atoms with van der Waals surface area (Å²) in [5, 5.41) is 20.8. The van der Waals surface area contributed by atoms with E-state index in [1.807, 2.05) is 30.3 Å². The van der Waals surface area contributed by atoms with Crippen molar-refractivity contribution >= 4 is 65.1 Å². The predicted octanol–water partition coefficient (Wildman–Crippen LogP) is 8.22. The zero-order valence-corrected chi connectivity index (χ0v) is 23.6. The number of rotatable bonds is 8. The molecule has 5 aromatic rings. The van der Waals surface area contributed by atoms with Crippen LogP contribution in [0.15, 0.2) is 133 Å². The molecule has 0 radical (unpaired) electrons. The molecule has 0 unspecified atom stereocenters. The number of para-hydroxylation sites is 1. The average molecular weight is 602 g/mol. The van der Waals surface area contributed by atoms with Gasteiger partial charge in [0.25, 0.3) is 20.2 Å². The van der Waals surface area contributed by atoms with Crippen LogP contribution < -0.4 is 5.32 Å². The molecule has 0 fully saturated rings. The van der Waals surface area contributed by atoms with Gasteiger partial charge >= 0.3 is 0 Å². The summed E-state index contributed by atoms with van der Waals surface area (Å²) in [5.41, 5.74) is 3.54. The number of aryl methyl sites for hydroxylation is 1. The maximum atomic E-state index is 12.2. The summed E-state index contributed by atoms with van der Waals surface area (Å²) in [5.74, 6) is 0. The van der Waals surface area contributed by atoms with Gasteiger partial charge in [0.2, 0.25) is 0 Å². The zero-order valence-electron chi connectivity index (χ0n) is 21.9. The summed E-state index contributed by atoms with van der Waals surface area (Å²) in [6.45, 7) is 1.79. The van der Waals surface area contributed by atoms with Crippen LogP contribution in [0.1, 0.15) is 5.56 Å². The molecule has 0 bridgehead atoms. The van der Waals surface area contributed by atoms with Gasteiger partial charge in [0.1, 0.15) is 4.90 Å². The molecule has 0 aliphatic rings. The first-order valence-electron chi connectivity index (χ1n) is 12.4. The van der Waals surface area contributed by atoms with Gasteiger partial charge in [-0.25, -0.2) is 0 Å². The van der Waals surface area contributed by atoms with Gasteiger partial charge in [0.15, 0.2) is 0 Å². The van der Waals surface area contributed by atoms with Gasteiger partial charge < -0.3 is 5.32 Å². The Balaban J connectivity index is 1.46. The van der Waals surface area contributed by atoms with E-state index in [2.05, 4.69) is 25.8 Å². The molecule has 0 saturated carbocycles. The molecule has 0 atom stereocenters. The number of fused-ring (bicyclic) bond motifs is 1. The largest absolute Gasteiger partial charge is 0.355 e. The Bertz CT molecular complexity index is 2080. The second kappa shape index (κ2) is 11.6. The summed E-state index contributed by atoms with van der Waals surface area (Å²) in [7, 11) is -8.91. The van der Waals surface area contributed by atoms with E-state index in [0.717, 1.165) is 5.69 Å². The SMILES string of the molecule is Cc1cc(N=Nc2ccc(Nc3ccccc3)c3c(S(=O)(=O)O)cccc23)ccc1N=Nc1cccc(S(=O)(=O)O)c1. The van der Waals surface area contributed by atoms with Gasteiger partial charge in [-0.15, -0.1) is 5.11 Å². The number of hydrogen-bond donors (Lipinski definition) is 3. The topological polar surface area (TPSA) is 170 Å². The van der Waals surface area contributed by atoms with Crippen molar-refractivity contribution in [2.24, 2.45) is 20.5 Å². The Labute approximate surface area is 241 Å². The number of anilines is 2. The highest BCUT2D eigenvalue weighted by Gasteiger charge is 2.19. The molecule has 42 heavy (non-hydrogen) atoms. The van der Waals surface area contributed by atoms with Crippen molar-refractivity contribution in [1.82, 2.24) is 0 Å². The van der Waals surface area contributed by atoms with Crippen LogP contribution in [0.3, 0.4) is 0 Å². The number of azo groups is 2. The van der Waals surface area contributed by atoms with E-state index in [4.69, 9.17) is 0 Å².